The van der Waals surface area contributed by atoms with Gasteiger partial charge in [-0.3, -0.25) is 4.79 Å². The summed E-state index contributed by atoms with van der Waals surface area (Å²) in [6.07, 6.45) is 8.23. The Bertz CT molecular complexity index is 232. The fourth-order valence-corrected chi connectivity index (χ4v) is 1.38. The van der Waals surface area contributed by atoms with Crippen molar-refractivity contribution in [3.05, 3.63) is 23.3 Å². The number of hydrogen-bond donors (Lipinski definition) is 0. The van der Waals surface area contributed by atoms with Crippen LogP contribution in [0.3, 0.4) is 0 Å². The van der Waals surface area contributed by atoms with Gasteiger partial charge in [0.2, 0.25) is 0 Å². The van der Waals surface area contributed by atoms with Gasteiger partial charge in [0, 0.05) is 12.0 Å². The number of methoxy groups -OCH3 is 1. The molecule has 0 aliphatic carbocycles. The Hall–Kier alpha value is -0.760. The molecule has 0 heterocycles. The molecule has 0 atom stereocenters. The number of carbonyl (C=O) groups is 1. The monoisotopic (exact) mass is 230 g/mol. The molecule has 0 bridgehead atoms. The van der Waals surface area contributed by atoms with Gasteiger partial charge in [0.1, 0.15) is 0 Å². The summed E-state index contributed by atoms with van der Waals surface area (Å²) in [5.74, 6) is -0.165. The van der Waals surface area contributed by atoms with Crippen LogP contribution in [0.25, 0.3) is 0 Å². The van der Waals surface area contributed by atoms with E-state index in [2.05, 4.69) is 11.7 Å². The minimum Gasteiger partial charge on any atom is -0.469 e. The largest absolute Gasteiger partial charge is 0.469 e. The van der Waals surface area contributed by atoms with Crippen LogP contribution in [-0.2, 0) is 9.53 Å². The van der Waals surface area contributed by atoms with Crippen molar-refractivity contribution in [1.29, 1.82) is 0 Å². The molecule has 2 nitrogen and oxygen atoms in total. The fourth-order valence-electron chi connectivity index (χ4n) is 1.18. The van der Waals surface area contributed by atoms with Gasteiger partial charge in [0.15, 0.2) is 0 Å². The van der Waals surface area contributed by atoms with Crippen molar-refractivity contribution in [3.8, 4) is 0 Å². The zero-order chi connectivity index (χ0) is 11.5. The van der Waals surface area contributed by atoms with Crippen LogP contribution in [0.1, 0.15) is 39.0 Å². The standard InChI is InChI=1S/C12H19ClO2/c1-3-7-11(10-13)8-5-4-6-9-12(14)15-2/h4-5,10H,3,6-9H2,1-2H3/b5-4+,11-10+. The highest BCUT2D eigenvalue weighted by Crippen LogP contribution is 2.11. The van der Waals surface area contributed by atoms with E-state index in [9.17, 15) is 4.79 Å². The van der Waals surface area contributed by atoms with Gasteiger partial charge in [0.05, 0.1) is 7.11 Å². The van der Waals surface area contributed by atoms with E-state index in [1.54, 1.807) is 5.54 Å². The molecule has 0 N–H and O–H groups in total. The Morgan fingerprint density at radius 1 is 1.33 bits per heavy atom. The molecule has 0 spiro atoms. The highest BCUT2D eigenvalue weighted by molar-refractivity contribution is 6.25. The summed E-state index contributed by atoms with van der Waals surface area (Å²) in [6.45, 7) is 2.13. The lowest BCUT2D eigenvalue weighted by molar-refractivity contribution is -0.140. The van der Waals surface area contributed by atoms with Crippen molar-refractivity contribution in [2.24, 2.45) is 0 Å². The average molecular weight is 231 g/mol. The number of hydrogen-bond acceptors (Lipinski definition) is 2. The number of allylic oxidation sites excluding steroid dienone is 3. The van der Waals surface area contributed by atoms with E-state index in [0.29, 0.717) is 6.42 Å². The predicted molar refractivity (Wildman–Crippen MR) is 63.9 cm³/mol. The molecule has 0 aromatic carbocycles. The van der Waals surface area contributed by atoms with E-state index >= 15 is 0 Å². The molecule has 0 aliphatic rings. The number of ether oxygens (including phenoxy) is 1. The molecule has 0 unspecified atom stereocenters. The van der Waals surface area contributed by atoms with Gasteiger partial charge in [0.25, 0.3) is 0 Å². The Morgan fingerprint density at radius 3 is 2.60 bits per heavy atom. The second-order valence-electron chi connectivity index (χ2n) is 3.31. The normalized spacial score (nSPS) is 12.1. The maximum Gasteiger partial charge on any atom is 0.305 e. The zero-order valence-electron chi connectivity index (χ0n) is 9.46. The Kier molecular flexibility index (Phi) is 9.29. The van der Waals surface area contributed by atoms with Crippen LogP contribution in [0.4, 0.5) is 0 Å². The number of halogens is 1. The van der Waals surface area contributed by atoms with E-state index in [0.717, 1.165) is 25.7 Å². The molecule has 15 heavy (non-hydrogen) atoms. The van der Waals surface area contributed by atoms with Gasteiger partial charge >= 0.3 is 5.97 Å². The Balaban J connectivity index is 3.65. The third-order valence-corrected chi connectivity index (χ3v) is 2.32. The van der Waals surface area contributed by atoms with Gasteiger partial charge in [-0.15, -0.1) is 0 Å². The topological polar surface area (TPSA) is 26.3 Å². The van der Waals surface area contributed by atoms with Gasteiger partial charge in [-0.05, 0) is 19.3 Å². The second kappa shape index (κ2) is 9.78. The molecule has 0 rings (SSSR count). The minimum atomic E-state index is -0.165. The first-order valence-electron chi connectivity index (χ1n) is 5.24. The summed E-state index contributed by atoms with van der Waals surface area (Å²) in [6, 6.07) is 0. The van der Waals surface area contributed by atoms with Crippen LogP contribution in [0.2, 0.25) is 0 Å². The molecule has 3 heteroatoms. The Labute approximate surface area is 97.0 Å². The van der Waals surface area contributed by atoms with E-state index in [-0.39, 0.29) is 5.97 Å². The molecule has 0 saturated carbocycles. The van der Waals surface area contributed by atoms with Crippen molar-refractivity contribution in [3.63, 3.8) is 0 Å². The van der Waals surface area contributed by atoms with Crippen LogP contribution in [0, 0.1) is 0 Å². The summed E-state index contributed by atoms with van der Waals surface area (Å²) in [4.78, 5) is 10.8. The molecular weight excluding hydrogens is 212 g/mol. The maximum atomic E-state index is 10.8. The Morgan fingerprint density at radius 2 is 2.07 bits per heavy atom. The van der Waals surface area contributed by atoms with Gasteiger partial charge in [-0.1, -0.05) is 42.7 Å². The van der Waals surface area contributed by atoms with E-state index in [1.165, 1.54) is 12.7 Å². The van der Waals surface area contributed by atoms with Crippen molar-refractivity contribution in [2.75, 3.05) is 7.11 Å². The fraction of sp³-hybridized carbons (Fsp3) is 0.583. The van der Waals surface area contributed by atoms with Crippen LogP contribution in [-0.4, -0.2) is 13.1 Å². The van der Waals surface area contributed by atoms with E-state index < -0.39 is 0 Å². The molecule has 0 aromatic rings. The average Bonchev–Trinajstić information content (AvgIpc) is 2.26. The minimum absolute atomic E-state index is 0.165. The molecule has 0 amide bonds. The molecule has 0 radical (unpaired) electrons. The lowest BCUT2D eigenvalue weighted by Crippen LogP contribution is -1.97. The van der Waals surface area contributed by atoms with Crippen molar-refractivity contribution in [1.82, 2.24) is 0 Å². The van der Waals surface area contributed by atoms with Gasteiger partial charge in [-0.25, -0.2) is 0 Å². The third kappa shape index (κ3) is 8.25. The van der Waals surface area contributed by atoms with Crippen molar-refractivity contribution < 1.29 is 9.53 Å². The summed E-state index contributed by atoms with van der Waals surface area (Å²) in [5, 5.41) is 0. The molecule has 0 aromatic heterocycles. The summed E-state index contributed by atoms with van der Waals surface area (Å²) >= 11 is 5.66. The van der Waals surface area contributed by atoms with Crippen molar-refractivity contribution >= 4 is 17.6 Å². The van der Waals surface area contributed by atoms with Crippen LogP contribution in [0.15, 0.2) is 23.3 Å². The smallest absolute Gasteiger partial charge is 0.305 e. The van der Waals surface area contributed by atoms with E-state index in [4.69, 9.17) is 11.6 Å². The molecule has 0 aliphatic heterocycles. The number of carbonyl (C=O) groups excluding carboxylic acids is 1. The third-order valence-electron chi connectivity index (χ3n) is 2.01. The lowest BCUT2D eigenvalue weighted by Gasteiger charge is -1.99. The highest BCUT2D eigenvalue weighted by Gasteiger charge is 1.96. The summed E-state index contributed by atoms with van der Waals surface area (Å²) in [5.41, 5.74) is 2.88. The second-order valence-corrected chi connectivity index (χ2v) is 3.53. The van der Waals surface area contributed by atoms with Crippen molar-refractivity contribution in [2.45, 2.75) is 39.0 Å². The summed E-state index contributed by atoms with van der Waals surface area (Å²) < 4.78 is 4.53. The lowest BCUT2D eigenvalue weighted by atomic mass is 10.1. The highest BCUT2D eigenvalue weighted by atomic mass is 35.5. The first kappa shape index (κ1) is 14.2. The SMILES string of the molecule is CCC/C(=C\Cl)C/C=C/CCC(=O)OC. The first-order chi connectivity index (χ1) is 7.24. The quantitative estimate of drug-likeness (QED) is 0.491. The van der Waals surface area contributed by atoms with E-state index in [1.807, 2.05) is 12.2 Å². The molecule has 86 valence electrons. The van der Waals surface area contributed by atoms with Crippen LogP contribution in [0.5, 0.6) is 0 Å². The number of esters is 1. The van der Waals surface area contributed by atoms with Gasteiger partial charge in [-0.2, -0.15) is 0 Å². The zero-order valence-corrected chi connectivity index (χ0v) is 10.2. The molecule has 0 fully saturated rings. The predicted octanol–water partition coefficient (Wildman–Crippen LogP) is 3.81. The first-order valence-corrected chi connectivity index (χ1v) is 5.68. The summed E-state index contributed by atoms with van der Waals surface area (Å²) in [7, 11) is 1.40. The maximum absolute atomic E-state index is 10.8. The van der Waals surface area contributed by atoms with Crippen LogP contribution >= 0.6 is 11.6 Å². The molecular formula is C12H19ClO2. The van der Waals surface area contributed by atoms with Crippen LogP contribution < -0.4 is 0 Å². The van der Waals surface area contributed by atoms with Gasteiger partial charge < -0.3 is 4.74 Å². The number of rotatable bonds is 7. The molecule has 0 saturated heterocycles.